The van der Waals surface area contributed by atoms with Gasteiger partial charge in [0.15, 0.2) is 0 Å². The summed E-state index contributed by atoms with van der Waals surface area (Å²) in [7, 11) is 1.70. The van der Waals surface area contributed by atoms with E-state index in [1.807, 2.05) is 24.3 Å². The molecular weight excluding hydrogens is 224 g/mol. The first-order valence-electron chi connectivity index (χ1n) is 5.38. The number of benzene rings is 1. The lowest BCUT2D eigenvalue weighted by atomic mass is 10.0. The van der Waals surface area contributed by atoms with Crippen LogP contribution in [-0.2, 0) is 4.74 Å². The van der Waals surface area contributed by atoms with Gasteiger partial charge in [0, 0.05) is 36.3 Å². The Morgan fingerprint density at radius 1 is 1.38 bits per heavy atom. The third-order valence-corrected chi connectivity index (χ3v) is 2.82. The average molecular weight is 243 g/mol. The van der Waals surface area contributed by atoms with E-state index in [1.165, 1.54) is 0 Å². The minimum absolute atomic E-state index is 0.209. The molecule has 0 spiro atoms. The first kappa shape index (κ1) is 13.3. The number of hydrogen-bond acceptors (Lipinski definition) is 3. The molecule has 0 aromatic heterocycles. The molecule has 0 aliphatic rings. The predicted molar refractivity (Wildman–Crippen MR) is 69.0 cm³/mol. The third-order valence-electron chi connectivity index (χ3n) is 2.57. The van der Waals surface area contributed by atoms with Crippen molar-refractivity contribution in [2.24, 2.45) is 11.7 Å². The van der Waals surface area contributed by atoms with Crippen LogP contribution in [0.5, 0.6) is 0 Å². The standard InChI is InChI=1S/C12H19ClN2O/c1-9(8-16-2)12(7-14)15-11-5-3-10(13)4-6-11/h3-6,9,12,15H,7-8,14H2,1-2H3. The Hall–Kier alpha value is -0.770. The molecule has 1 rings (SSSR count). The fourth-order valence-electron chi connectivity index (χ4n) is 1.57. The van der Waals surface area contributed by atoms with E-state index < -0.39 is 0 Å². The summed E-state index contributed by atoms with van der Waals surface area (Å²) in [5.41, 5.74) is 6.77. The van der Waals surface area contributed by atoms with Crippen LogP contribution in [0.25, 0.3) is 0 Å². The molecular formula is C12H19ClN2O. The molecule has 0 amide bonds. The van der Waals surface area contributed by atoms with Crippen molar-refractivity contribution in [3.05, 3.63) is 29.3 Å². The zero-order chi connectivity index (χ0) is 12.0. The summed E-state index contributed by atoms with van der Waals surface area (Å²) >= 11 is 5.82. The van der Waals surface area contributed by atoms with Crippen LogP contribution in [0.15, 0.2) is 24.3 Å². The third kappa shape index (κ3) is 4.00. The maximum Gasteiger partial charge on any atom is 0.0507 e. The quantitative estimate of drug-likeness (QED) is 0.805. The normalized spacial score (nSPS) is 14.5. The smallest absolute Gasteiger partial charge is 0.0507 e. The molecule has 2 atom stereocenters. The molecule has 1 aromatic rings. The van der Waals surface area contributed by atoms with Crippen molar-refractivity contribution in [1.82, 2.24) is 0 Å². The summed E-state index contributed by atoms with van der Waals surface area (Å²) in [5, 5.41) is 4.11. The predicted octanol–water partition coefficient (Wildman–Crippen LogP) is 2.36. The summed E-state index contributed by atoms with van der Waals surface area (Å²) < 4.78 is 5.13. The van der Waals surface area contributed by atoms with Gasteiger partial charge in [-0.3, -0.25) is 0 Å². The second-order valence-electron chi connectivity index (χ2n) is 3.93. The van der Waals surface area contributed by atoms with E-state index in [0.29, 0.717) is 19.1 Å². The van der Waals surface area contributed by atoms with Gasteiger partial charge in [-0.05, 0) is 24.3 Å². The molecule has 1 aromatic carbocycles. The number of methoxy groups -OCH3 is 1. The highest BCUT2D eigenvalue weighted by Crippen LogP contribution is 2.16. The Morgan fingerprint density at radius 3 is 2.50 bits per heavy atom. The van der Waals surface area contributed by atoms with Crippen molar-refractivity contribution in [1.29, 1.82) is 0 Å². The Balaban J connectivity index is 2.59. The van der Waals surface area contributed by atoms with Crippen molar-refractivity contribution in [2.45, 2.75) is 13.0 Å². The number of halogens is 1. The first-order chi connectivity index (χ1) is 7.67. The molecule has 0 bridgehead atoms. The first-order valence-corrected chi connectivity index (χ1v) is 5.76. The fourth-order valence-corrected chi connectivity index (χ4v) is 1.70. The van der Waals surface area contributed by atoms with E-state index >= 15 is 0 Å². The molecule has 0 heterocycles. The van der Waals surface area contributed by atoms with Crippen LogP contribution in [0.2, 0.25) is 5.02 Å². The van der Waals surface area contributed by atoms with Gasteiger partial charge in [0.2, 0.25) is 0 Å². The SMILES string of the molecule is COCC(C)C(CN)Nc1ccc(Cl)cc1. The van der Waals surface area contributed by atoms with E-state index in [1.54, 1.807) is 7.11 Å². The molecule has 0 saturated carbocycles. The van der Waals surface area contributed by atoms with Gasteiger partial charge in [-0.2, -0.15) is 0 Å². The topological polar surface area (TPSA) is 47.3 Å². The Labute approximate surface area is 102 Å². The van der Waals surface area contributed by atoms with Gasteiger partial charge in [0.25, 0.3) is 0 Å². The van der Waals surface area contributed by atoms with Gasteiger partial charge in [-0.1, -0.05) is 18.5 Å². The lowest BCUT2D eigenvalue weighted by Crippen LogP contribution is -2.37. The summed E-state index contributed by atoms with van der Waals surface area (Å²) in [6, 6.07) is 7.83. The van der Waals surface area contributed by atoms with E-state index in [4.69, 9.17) is 22.1 Å². The molecule has 4 heteroatoms. The van der Waals surface area contributed by atoms with Gasteiger partial charge in [-0.15, -0.1) is 0 Å². The van der Waals surface area contributed by atoms with Crippen LogP contribution < -0.4 is 11.1 Å². The van der Waals surface area contributed by atoms with Crippen molar-refractivity contribution >= 4 is 17.3 Å². The number of nitrogens with one attached hydrogen (secondary N) is 1. The van der Waals surface area contributed by atoms with Crippen molar-refractivity contribution in [3.8, 4) is 0 Å². The zero-order valence-electron chi connectivity index (χ0n) is 9.74. The Bertz CT molecular complexity index is 302. The average Bonchev–Trinajstić information content (AvgIpc) is 2.28. The number of rotatable bonds is 6. The van der Waals surface area contributed by atoms with Gasteiger partial charge in [-0.25, -0.2) is 0 Å². The van der Waals surface area contributed by atoms with Crippen LogP contribution >= 0.6 is 11.6 Å². The highest BCUT2D eigenvalue weighted by molar-refractivity contribution is 6.30. The molecule has 0 fully saturated rings. The number of ether oxygens (including phenoxy) is 1. The molecule has 0 saturated heterocycles. The minimum Gasteiger partial charge on any atom is -0.384 e. The number of nitrogens with two attached hydrogens (primary N) is 1. The van der Waals surface area contributed by atoms with E-state index in [0.717, 1.165) is 10.7 Å². The minimum atomic E-state index is 0.209. The highest BCUT2D eigenvalue weighted by Gasteiger charge is 2.15. The van der Waals surface area contributed by atoms with Crippen LogP contribution in [0, 0.1) is 5.92 Å². The van der Waals surface area contributed by atoms with Crippen molar-refractivity contribution < 1.29 is 4.74 Å². The monoisotopic (exact) mass is 242 g/mol. The summed E-state index contributed by atoms with van der Waals surface area (Å²) in [4.78, 5) is 0. The van der Waals surface area contributed by atoms with Gasteiger partial charge >= 0.3 is 0 Å². The number of hydrogen-bond donors (Lipinski definition) is 2. The molecule has 3 nitrogen and oxygen atoms in total. The summed E-state index contributed by atoms with van der Waals surface area (Å²) in [5.74, 6) is 0.366. The molecule has 90 valence electrons. The summed E-state index contributed by atoms with van der Waals surface area (Å²) in [6.07, 6.45) is 0. The lowest BCUT2D eigenvalue weighted by Gasteiger charge is -2.24. The summed E-state index contributed by atoms with van der Waals surface area (Å²) in [6.45, 7) is 3.39. The zero-order valence-corrected chi connectivity index (χ0v) is 10.5. The lowest BCUT2D eigenvalue weighted by molar-refractivity contribution is 0.151. The van der Waals surface area contributed by atoms with Crippen molar-refractivity contribution in [2.75, 3.05) is 25.6 Å². The van der Waals surface area contributed by atoms with Crippen LogP contribution in [0.1, 0.15) is 6.92 Å². The van der Waals surface area contributed by atoms with E-state index in [9.17, 15) is 0 Å². The van der Waals surface area contributed by atoms with Gasteiger partial charge in [0.1, 0.15) is 0 Å². The van der Waals surface area contributed by atoms with Crippen LogP contribution in [-0.4, -0.2) is 26.3 Å². The molecule has 3 N–H and O–H groups in total. The molecule has 0 aliphatic heterocycles. The largest absolute Gasteiger partial charge is 0.384 e. The van der Waals surface area contributed by atoms with Crippen molar-refractivity contribution in [3.63, 3.8) is 0 Å². The second kappa shape index (κ2) is 6.74. The van der Waals surface area contributed by atoms with Gasteiger partial charge in [0.05, 0.1) is 6.61 Å². The van der Waals surface area contributed by atoms with Crippen LogP contribution in [0.4, 0.5) is 5.69 Å². The second-order valence-corrected chi connectivity index (χ2v) is 4.36. The van der Waals surface area contributed by atoms with E-state index in [2.05, 4.69) is 12.2 Å². The maximum atomic E-state index is 5.82. The molecule has 0 radical (unpaired) electrons. The highest BCUT2D eigenvalue weighted by atomic mass is 35.5. The molecule has 16 heavy (non-hydrogen) atoms. The van der Waals surface area contributed by atoms with E-state index in [-0.39, 0.29) is 6.04 Å². The van der Waals surface area contributed by atoms with Crippen LogP contribution in [0.3, 0.4) is 0 Å². The molecule has 2 unspecified atom stereocenters. The Morgan fingerprint density at radius 2 is 2.00 bits per heavy atom. The van der Waals surface area contributed by atoms with Gasteiger partial charge < -0.3 is 15.8 Å². The fraction of sp³-hybridized carbons (Fsp3) is 0.500. The maximum absolute atomic E-state index is 5.82. The molecule has 0 aliphatic carbocycles. The Kier molecular flexibility index (Phi) is 5.60. The number of anilines is 1.